The smallest absolute Gasteiger partial charge is 0.305 e. The maximum atomic E-state index is 12.5. The average molecular weight is 340 g/mol. The number of carbonyl (C=O) groups is 2. The molecule has 0 spiro atoms. The molecule has 0 heterocycles. The zero-order valence-electron chi connectivity index (χ0n) is 13.1. The molecular formula is C15H20N2O5S. The molecule has 0 saturated heterocycles. The van der Waals surface area contributed by atoms with Crippen LogP contribution in [0.25, 0.3) is 0 Å². The van der Waals surface area contributed by atoms with Gasteiger partial charge in [0.25, 0.3) is 5.91 Å². The van der Waals surface area contributed by atoms with Crippen molar-refractivity contribution in [2.45, 2.75) is 30.2 Å². The van der Waals surface area contributed by atoms with E-state index >= 15 is 0 Å². The molecule has 1 N–H and O–H groups in total. The first-order valence-electron chi connectivity index (χ1n) is 7.29. The van der Waals surface area contributed by atoms with Crippen molar-refractivity contribution < 1.29 is 23.1 Å². The summed E-state index contributed by atoms with van der Waals surface area (Å²) in [6.45, 7) is 0.163. The first kappa shape index (κ1) is 17.4. The molecule has 8 heteroatoms. The summed E-state index contributed by atoms with van der Waals surface area (Å²) in [4.78, 5) is 24.9. The molecule has 0 aromatic heterocycles. The molecule has 7 nitrogen and oxygen atoms in total. The van der Waals surface area contributed by atoms with E-state index in [4.69, 9.17) is 5.11 Å². The van der Waals surface area contributed by atoms with Crippen LogP contribution in [0.15, 0.2) is 29.2 Å². The van der Waals surface area contributed by atoms with Crippen molar-refractivity contribution >= 4 is 21.9 Å². The molecule has 2 rings (SSSR count). The topological polar surface area (TPSA) is 95.0 Å². The Labute approximate surface area is 135 Å². The van der Waals surface area contributed by atoms with E-state index in [0.717, 1.165) is 17.1 Å². The summed E-state index contributed by atoms with van der Waals surface area (Å²) in [7, 11) is -0.655. The lowest BCUT2D eigenvalue weighted by Gasteiger charge is -2.22. The fraction of sp³-hybridized carbons (Fsp3) is 0.467. The van der Waals surface area contributed by atoms with E-state index in [9.17, 15) is 18.0 Å². The van der Waals surface area contributed by atoms with Crippen LogP contribution in [0, 0.1) is 0 Å². The van der Waals surface area contributed by atoms with E-state index < -0.39 is 16.0 Å². The number of aliphatic carboxylic acids is 1. The quantitative estimate of drug-likeness (QED) is 0.799. The van der Waals surface area contributed by atoms with Gasteiger partial charge in [0.15, 0.2) is 0 Å². The number of nitrogens with zero attached hydrogens (tertiary/aromatic N) is 2. The lowest BCUT2D eigenvalue weighted by molar-refractivity contribution is -0.137. The Hall–Kier alpha value is -1.93. The summed E-state index contributed by atoms with van der Waals surface area (Å²) in [6.07, 6.45) is 1.65. The van der Waals surface area contributed by atoms with Gasteiger partial charge in [-0.05, 0) is 37.1 Å². The number of hydrogen-bond donors (Lipinski definition) is 1. The minimum atomic E-state index is -3.53. The van der Waals surface area contributed by atoms with Gasteiger partial charge in [0, 0.05) is 32.2 Å². The zero-order chi connectivity index (χ0) is 17.2. The van der Waals surface area contributed by atoms with Crippen molar-refractivity contribution in [2.75, 3.05) is 20.6 Å². The highest BCUT2D eigenvalue weighted by Gasteiger charge is 2.33. The minimum Gasteiger partial charge on any atom is -0.481 e. The number of sulfonamides is 1. The van der Waals surface area contributed by atoms with Crippen LogP contribution in [0.1, 0.15) is 29.6 Å². The van der Waals surface area contributed by atoms with Gasteiger partial charge in [-0.1, -0.05) is 0 Å². The third kappa shape index (κ3) is 4.08. The standard InChI is InChI=1S/C15H20N2O5S/c1-16(2)23(21,22)13-7-3-11(4-8-13)15(20)17(12-5-6-12)10-9-14(18)19/h3-4,7-8,12H,5-6,9-10H2,1-2H3,(H,18,19). The minimum absolute atomic E-state index is 0.0898. The number of carboxylic acids is 1. The Balaban J connectivity index is 2.17. The third-order valence-electron chi connectivity index (χ3n) is 3.69. The molecule has 1 aliphatic rings. The highest BCUT2D eigenvalue weighted by atomic mass is 32.2. The second-order valence-electron chi connectivity index (χ2n) is 5.69. The van der Waals surface area contributed by atoms with Gasteiger partial charge in [0.2, 0.25) is 10.0 Å². The number of carbonyl (C=O) groups excluding carboxylic acids is 1. The second kappa shape index (κ2) is 6.67. The van der Waals surface area contributed by atoms with Gasteiger partial charge in [0.05, 0.1) is 11.3 Å². The summed E-state index contributed by atoms with van der Waals surface area (Å²) >= 11 is 0. The first-order chi connectivity index (χ1) is 10.7. The normalized spacial score (nSPS) is 14.7. The molecule has 1 saturated carbocycles. The van der Waals surface area contributed by atoms with Crippen molar-refractivity contribution in [2.24, 2.45) is 0 Å². The third-order valence-corrected chi connectivity index (χ3v) is 5.52. The largest absolute Gasteiger partial charge is 0.481 e. The van der Waals surface area contributed by atoms with E-state index in [-0.39, 0.29) is 29.8 Å². The van der Waals surface area contributed by atoms with Crippen molar-refractivity contribution in [1.82, 2.24) is 9.21 Å². The highest BCUT2D eigenvalue weighted by Crippen LogP contribution is 2.28. The summed E-state index contributed by atoms with van der Waals surface area (Å²) < 4.78 is 25.1. The molecule has 1 amide bonds. The molecule has 0 bridgehead atoms. The number of hydrogen-bond acceptors (Lipinski definition) is 4. The highest BCUT2D eigenvalue weighted by molar-refractivity contribution is 7.89. The van der Waals surface area contributed by atoms with E-state index in [1.165, 1.54) is 38.4 Å². The fourth-order valence-electron chi connectivity index (χ4n) is 2.20. The number of rotatable bonds is 7. The molecule has 0 aliphatic heterocycles. The van der Waals surface area contributed by atoms with Crippen molar-refractivity contribution in [1.29, 1.82) is 0 Å². The van der Waals surface area contributed by atoms with Crippen LogP contribution in [0.5, 0.6) is 0 Å². The summed E-state index contributed by atoms with van der Waals surface area (Å²) in [5, 5.41) is 8.79. The second-order valence-corrected chi connectivity index (χ2v) is 7.84. The molecule has 1 aromatic carbocycles. The van der Waals surface area contributed by atoms with Crippen LogP contribution >= 0.6 is 0 Å². The molecule has 0 atom stereocenters. The molecule has 1 aliphatic carbocycles. The number of carboxylic acid groups (broad SMARTS) is 1. The Bertz CT molecular complexity index is 693. The van der Waals surface area contributed by atoms with Crippen molar-refractivity contribution in [3.63, 3.8) is 0 Å². The fourth-order valence-corrected chi connectivity index (χ4v) is 3.10. The van der Waals surface area contributed by atoms with Crippen molar-refractivity contribution in [3.8, 4) is 0 Å². The molecule has 126 valence electrons. The Morgan fingerprint density at radius 3 is 2.17 bits per heavy atom. The Morgan fingerprint density at radius 2 is 1.74 bits per heavy atom. The van der Waals surface area contributed by atoms with Gasteiger partial charge in [-0.2, -0.15) is 0 Å². The van der Waals surface area contributed by atoms with Crippen LogP contribution in [0.2, 0.25) is 0 Å². The molecule has 0 unspecified atom stereocenters. The lowest BCUT2D eigenvalue weighted by atomic mass is 10.2. The molecule has 0 radical (unpaired) electrons. The van der Waals surface area contributed by atoms with Crippen molar-refractivity contribution in [3.05, 3.63) is 29.8 Å². The van der Waals surface area contributed by atoms with Crippen LogP contribution in [-0.4, -0.2) is 61.3 Å². The number of benzene rings is 1. The molecule has 1 aromatic rings. The monoisotopic (exact) mass is 340 g/mol. The molecule has 23 heavy (non-hydrogen) atoms. The van der Waals surface area contributed by atoms with Gasteiger partial charge < -0.3 is 10.0 Å². The van der Waals surface area contributed by atoms with E-state index in [1.54, 1.807) is 4.90 Å². The van der Waals surface area contributed by atoms with Crippen LogP contribution < -0.4 is 0 Å². The molecule has 1 fully saturated rings. The van der Waals surface area contributed by atoms with Gasteiger partial charge in [-0.15, -0.1) is 0 Å². The number of amides is 1. The van der Waals surface area contributed by atoms with Crippen LogP contribution in [0.3, 0.4) is 0 Å². The maximum absolute atomic E-state index is 12.5. The Kier molecular flexibility index (Phi) is 5.06. The zero-order valence-corrected chi connectivity index (χ0v) is 13.9. The predicted molar refractivity (Wildman–Crippen MR) is 83.6 cm³/mol. The Morgan fingerprint density at radius 1 is 1.17 bits per heavy atom. The van der Waals surface area contributed by atoms with Crippen LogP contribution in [0.4, 0.5) is 0 Å². The SMILES string of the molecule is CN(C)S(=O)(=O)c1ccc(C(=O)N(CCC(=O)O)C2CC2)cc1. The average Bonchev–Trinajstić information content (AvgIpc) is 3.31. The van der Waals surface area contributed by atoms with Crippen LogP contribution in [-0.2, 0) is 14.8 Å². The van der Waals surface area contributed by atoms with Gasteiger partial charge in [0.1, 0.15) is 0 Å². The summed E-state index contributed by atoms with van der Waals surface area (Å²) in [5.41, 5.74) is 0.361. The van der Waals surface area contributed by atoms with Gasteiger partial charge >= 0.3 is 5.97 Å². The summed E-state index contributed by atoms with van der Waals surface area (Å²) in [5.74, 6) is -1.21. The lowest BCUT2D eigenvalue weighted by Crippen LogP contribution is -2.35. The van der Waals surface area contributed by atoms with E-state index in [0.29, 0.717) is 5.56 Å². The van der Waals surface area contributed by atoms with E-state index in [2.05, 4.69) is 0 Å². The maximum Gasteiger partial charge on any atom is 0.305 e. The van der Waals surface area contributed by atoms with Gasteiger partial charge in [-0.3, -0.25) is 9.59 Å². The van der Waals surface area contributed by atoms with E-state index in [1.807, 2.05) is 0 Å². The molecular weight excluding hydrogens is 320 g/mol. The summed E-state index contributed by atoms with van der Waals surface area (Å²) in [6, 6.07) is 5.81. The predicted octanol–water partition coefficient (Wildman–Crippen LogP) is 1.02. The van der Waals surface area contributed by atoms with Gasteiger partial charge in [-0.25, -0.2) is 12.7 Å². The first-order valence-corrected chi connectivity index (χ1v) is 8.73.